The van der Waals surface area contributed by atoms with E-state index in [1.54, 1.807) is 4.68 Å². The molecule has 8 nitrogen and oxygen atoms in total. The monoisotopic (exact) mass is 365 g/mol. The lowest BCUT2D eigenvalue weighted by atomic mass is 10.1. The molecule has 27 heavy (non-hydrogen) atoms. The Morgan fingerprint density at radius 2 is 2.00 bits per heavy atom. The van der Waals surface area contributed by atoms with Crippen molar-refractivity contribution >= 4 is 17.2 Å². The lowest BCUT2D eigenvalue weighted by molar-refractivity contribution is -0.115. The number of piperidine rings is 1. The molecule has 0 aliphatic carbocycles. The summed E-state index contributed by atoms with van der Waals surface area (Å²) < 4.78 is 3.71. The number of hydrogen-bond acceptors (Lipinski definition) is 5. The lowest BCUT2D eigenvalue weighted by Gasteiger charge is -2.28. The smallest absolute Gasteiger partial charge is 0.295 e. The van der Waals surface area contributed by atoms with Crippen molar-refractivity contribution < 1.29 is 4.79 Å². The van der Waals surface area contributed by atoms with Gasteiger partial charge in [0.05, 0.1) is 24.3 Å². The topological polar surface area (TPSA) is 80.4 Å². The first-order valence-electron chi connectivity index (χ1n) is 8.89. The minimum absolute atomic E-state index is 0.380. The molecule has 0 saturated carbocycles. The van der Waals surface area contributed by atoms with Crippen LogP contribution in [0.25, 0.3) is 16.8 Å². The second-order valence-electron chi connectivity index (χ2n) is 6.28. The van der Waals surface area contributed by atoms with E-state index in [9.17, 15) is 4.79 Å². The van der Waals surface area contributed by atoms with E-state index in [0.29, 0.717) is 0 Å². The van der Waals surface area contributed by atoms with E-state index in [2.05, 4.69) is 26.8 Å². The van der Waals surface area contributed by atoms with Crippen molar-refractivity contribution in [1.82, 2.24) is 29.7 Å². The van der Waals surface area contributed by atoms with E-state index in [1.165, 1.54) is 26.3 Å². The van der Waals surface area contributed by atoms with E-state index in [0.717, 1.165) is 35.7 Å². The molecule has 0 atom stereocenters. The number of aromatic nitrogens is 5. The Bertz CT molecular complexity index is 960. The average Bonchev–Trinajstić information content (AvgIpc) is 3.36. The van der Waals surface area contributed by atoms with Crippen LogP contribution in [-0.4, -0.2) is 50.4 Å². The van der Waals surface area contributed by atoms with Crippen LogP contribution in [0.2, 0.25) is 0 Å². The van der Waals surface area contributed by atoms with Crippen molar-refractivity contribution in [3.05, 3.63) is 30.9 Å². The number of amides is 1. The molecular weight excluding hydrogens is 342 g/mol. The maximum absolute atomic E-state index is 9.83. The van der Waals surface area contributed by atoms with Gasteiger partial charge < -0.3 is 10.2 Å². The normalized spacial score (nSPS) is 13.6. The van der Waals surface area contributed by atoms with Crippen LogP contribution >= 0.6 is 0 Å². The summed E-state index contributed by atoms with van der Waals surface area (Å²) >= 11 is 0. The van der Waals surface area contributed by atoms with Gasteiger partial charge in [0, 0.05) is 38.9 Å². The first-order valence-corrected chi connectivity index (χ1v) is 8.89. The zero-order valence-electron chi connectivity index (χ0n) is 15.6. The molecule has 1 N–H and O–H groups in total. The molecule has 1 saturated heterocycles. The Labute approximate surface area is 158 Å². The van der Waals surface area contributed by atoms with Gasteiger partial charge in [0.1, 0.15) is 5.52 Å². The summed E-state index contributed by atoms with van der Waals surface area (Å²) in [5.74, 6) is 2.52. The fourth-order valence-corrected chi connectivity index (χ4v) is 3.01. The first kappa shape index (κ1) is 18.5. The highest BCUT2D eigenvalue weighted by atomic mass is 16.1. The second kappa shape index (κ2) is 8.36. The molecule has 0 radical (unpaired) electrons. The Hall–Kier alpha value is -3.34. The predicted octanol–water partition coefficient (Wildman–Crippen LogP) is 1.49. The number of carbonyl (C=O) groups is 1. The number of fused-ring (bicyclic) bond motifs is 1. The van der Waals surface area contributed by atoms with Crippen molar-refractivity contribution in [2.75, 3.05) is 25.0 Å². The molecule has 4 heterocycles. The number of carbonyl (C=O) groups excluding carboxylic acids is 1. The van der Waals surface area contributed by atoms with Gasteiger partial charge in [-0.1, -0.05) is 0 Å². The summed E-state index contributed by atoms with van der Waals surface area (Å²) in [5, 5.41) is 10.9. The molecule has 0 bridgehead atoms. The van der Waals surface area contributed by atoms with Gasteiger partial charge in [-0.2, -0.15) is 10.2 Å². The third-order valence-corrected chi connectivity index (χ3v) is 4.38. The largest absolute Gasteiger partial charge is 0.355 e. The number of nitrogens with zero attached hydrogens (tertiary/aromatic N) is 6. The Kier molecular flexibility index (Phi) is 5.71. The fraction of sp³-hybridized carbons (Fsp3) is 0.368. The zero-order valence-corrected chi connectivity index (χ0v) is 15.6. The Morgan fingerprint density at radius 3 is 2.59 bits per heavy atom. The van der Waals surface area contributed by atoms with Crippen molar-refractivity contribution in [2.24, 2.45) is 7.05 Å². The number of aryl methyl sites for hydroxylation is 1. The summed E-state index contributed by atoms with van der Waals surface area (Å²) in [7, 11) is 3.41. The summed E-state index contributed by atoms with van der Waals surface area (Å²) in [6.45, 7) is 2.15. The van der Waals surface area contributed by atoms with Crippen LogP contribution in [0.1, 0.15) is 19.3 Å². The van der Waals surface area contributed by atoms with Crippen molar-refractivity contribution in [3.63, 3.8) is 0 Å². The first-order chi connectivity index (χ1) is 13.1. The van der Waals surface area contributed by atoms with Gasteiger partial charge in [0.2, 0.25) is 0 Å². The van der Waals surface area contributed by atoms with Crippen LogP contribution in [-0.2, 0) is 11.8 Å². The molecule has 1 aliphatic rings. The number of hydrogen-bond donors (Lipinski definition) is 1. The van der Waals surface area contributed by atoms with Gasteiger partial charge in [-0.15, -0.1) is 6.42 Å². The van der Waals surface area contributed by atoms with Crippen LogP contribution in [0.15, 0.2) is 30.9 Å². The van der Waals surface area contributed by atoms with Crippen molar-refractivity contribution in [2.45, 2.75) is 19.3 Å². The summed E-state index contributed by atoms with van der Waals surface area (Å²) in [4.78, 5) is 17.1. The highest BCUT2D eigenvalue weighted by Gasteiger charge is 2.17. The molecule has 1 amide bonds. The minimum Gasteiger partial charge on any atom is -0.355 e. The number of anilines is 1. The molecule has 3 aromatic heterocycles. The third-order valence-electron chi connectivity index (χ3n) is 4.38. The molecule has 0 unspecified atom stereocenters. The van der Waals surface area contributed by atoms with E-state index in [1.807, 2.05) is 48.3 Å². The fourth-order valence-electron chi connectivity index (χ4n) is 3.01. The molecule has 1 fully saturated rings. The summed E-state index contributed by atoms with van der Waals surface area (Å²) in [6.07, 6.45) is 16.0. The lowest BCUT2D eigenvalue weighted by Crippen LogP contribution is -2.30. The van der Waals surface area contributed by atoms with Gasteiger partial charge in [0.25, 0.3) is 5.91 Å². The van der Waals surface area contributed by atoms with E-state index >= 15 is 0 Å². The van der Waals surface area contributed by atoms with Gasteiger partial charge >= 0.3 is 0 Å². The summed E-state index contributed by atoms with van der Waals surface area (Å²) in [6, 6.07) is 2.03. The van der Waals surface area contributed by atoms with Gasteiger partial charge in [0.15, 0.2) is 5.82 Å². The Morgan fingerprint density at radius 1 is 1.22 bits per heavy atom. The molecule has 140 valence electrons. The average molecular weight is 365 g/mol. The van der Waals surface area contributed by atoms with Gasteiger partial charge in [-0.05, 0) is 31.2 Å². The maximum atomic E-state index is 9.83. The van der Waals surface area contributed by atoms with Gasteiger partial charge in [-0.25, -0.2) is 9.50 Å². The maximum Gasteiger partial charge on any atom is 0.295 e. The summed E-state index contributed by atoms with van der Waals surface area (Å²) in [5.41, 5.74) is 3.01. The van der Waals surface area contributed by atoms with Crippen LogP contribution in [0.5, 0.6) is 0 Å². The molecule has 8 heteroatoms. The zero-order chi connectivity index (χ0) is 19.2. The molecule has 3 aromatic rings. The number of nitrogens with one attached hydrogen (secondary N) is 1. The van der Waals surface area contributed by atoms with Crippen LogP contribution in [0, 0.1) is 12.3 Å². The highest BCUT2D eigenvalue weighted by molar-refractivity contribution is 5.92. The standard InChI is InChI=1S/C15H18N6.C4H5NO/c1-19-10-12(9-17-19)13-11-21-14(5-6-16-21)15(18-13)20-7-3-2-4-8-20;1-3-4(6)5-2/h5-6,9-11H,2-4,7-8H2,1H3;1H,2H3,(H,5,6). The molecule has 1 aliphatic heterocycles. The molecule has 0 spiro atoms. The van der Waals surface area contributed by atoms with Crippen LogP contribution in [0.3, 0.4) is 0 Å². The number of terminal acetylenes is 1. The SMILES string of the molecule is C#CC(=O)NC.Cn1cc(-c2cn3nccc3c(N3CCCCC3)n2)cn1. The third kappa shape index (κ3) is 4.26. The van der Waals surface area contributed by atoms with Crippen molar-refractivity contribution in [1.29, 1.82) is 0 Å². The highest BCUT2D eigenvalue weighted by Crippen LogP contribution is 2.26. The van der Waals surface area contributed by atoms with Crippen LogP contribution in [0.4, 0.5) is 5.82 Å². The van der Waals surface area contributed by atoms with Crippen molar-refractivity contribution in [3.8, 4) is 23.6 Å². The molecular formula is C19H23N7O. The van der Waals surface area contributed by atoms with E-state index in [4.69, 9.17) is 4.98 Å². The molecule has 0 aromatic carbocycles. The quantitative estimate of drug-likeness (QED) is 0.696. The van der Waals surface area contributed by atoms with Crippen LogP contribution < -0.4 is 10.2 Å². The van der Waals surface area contributed by atoms with E-state index < -0.39 is 0 Å². The van der Waals surface area contributed by atoms with E-state index in [-0.39, 0.29) is 5.91 Å². The molecule has 4 rings (SSSR count). The Balaban J connectivity index is 0.000000307. The minimum atomic E-state index is -0.380. The van der Waals surface area contributed by atoms with Gasteiger partial charge in [-0.3, -0.25) is 9.48 Å². The predicted molar refractivity (Wildman–Crippen MR) is 104 cm³/mol. The second-order valence-corrected chi connectivity index (χ2v) is 6.28. The number of rotatable bonds is 2.